The average Bonchev–Trinajstić information content (AvgIpc) is 2.59. The molecule has 0 aliphatic rings. The fourth-order valence-electron chi connectivity index (χ4n) is 2.44. The summed E-state index contributed by atoms with van der Waals surface area (Å²) in [6, 6.07) is 12.4. The summed E-state index contributed by atoms with van der Waals surface area (Å²) in [4.78, 5) is 23.8. The Kier molecular flexibility index (Phi) is 7.75. The number of amides is 3. The second-order valence-electron chi connectivity index (χ2n) is 5.70. The van der Waals surface area contributed by atoms with Crippen molar-refractivity contribution in [2.24, 2.45) is 0 Å². The Bertz CT molecular complexity index is 761. The second kappa shape index (κ2) is 10.0. The van der Waals surface area contributed by atoms with Crippen LogP contribution in [0.1, 0.15) is 18.1 Å². The van der Waals surface area contributed by atoms with Gasteiger partial charge >= 0.3 is 6.03 Å². The molecule has 0 heterocycles. The Hall–Kier alpha value is -2.24. The van der Waals surface area contributed by atoms with Crippen molar-refractivity contribution in [2.45, 2.75) is 19.8 Å². The first kappa shape index (κ1) is 20.1. The predicted octanol–water partition coefficient (Wildman–Crippen LogP) is 4.04. The first-order valence-electron chi connectivity index (χ1n) is 8.32. The van der Waals surface area contributed by atoms with E-state index in [1.807, 2.05) is 31.2 Å². The fraction of sp³-hybridized carbons (Fsp3) is 0.263. The van der Waals surface area contributed by atoms with Crippen molar-refractivity contribution >= 4 is 40.8 Å². The summed E-state index contributed by atoms with van der Waals surface area (Å²) in [5, 5.41) is 9.14. The quantitative estimate of drug-likeness (QED) is 0.664. The number of urea groups is 1. The van der Waals surface area contributed by atoms with Gasteiger partial charge in [-0.15, -0.1) is 0 Å². The summed E-state index contributed by atoms with van der Waals surface area (Å²) in [7, 11) is 0. The van der Waals surface area contributed by atoms with E-state index in [2.05, 4.69) is 16.0 Å². The van der Waals surface area contributed by atoms with E-state index < -0.39 is 6.03 Å². The molecular weight excluding hydrogens is 373 g/mol. The summed E-state index contributed by atoms with van der Waals surface area (Å²) >= 11 is 11.9. The molecule has 2 rings (SSSR count). The standard InChI is InChI=1S/C19H21Cl2N3O2/c1-2-14-5-3-4-6-17(14)24-18(25)12-23-19(26)22-8-7-13-9-15(20)11-16(21)10-13/h3-6,9-11H,2,7-8,12H2,1H3,(H,24,25)(H2,22,23,26). The molecule has 0 saturated heterocycles. The topological polar surface area (TPSA) is 70.2 Å². The lowest BCUT2D eigenvalue weighted by molar-refractivity contribution is -0.115. The third-order valence-corrected chi connectivity index (χ3v) is 4.14. The van der Waals surface area contributed by atoms with Crippen molar-refractivity contribution in [3.8, 4) is 0 Å². The van der Waals surface area contributed by atoms with Gasteiger partial charge in [0.05, 0.1) is 6.54 Å². The van der Waals surface area contributed by atoms with Crippen LogP contribution < -0.4 is 16.0 Å². The molecule has 3 amide bonds. The normalized spacial score (nSPS) is 10.3. The molecule has 5 nitrogen and oxygen atoms in total. The predicted molar refractivity (Wildman–Crippen MR) is 106 cm³/mol. The number of hydrogen-bond donors (Lipinski definition) is 3. The Morgan fingerprint density at radius 3 is 2.38 bits per heavy atom. The Morgan fingerprint density at radius 2 is 1.69 bits per heavy atom. The summed E-state index contributed by atoms with van der Waals surface area (Å²) in [5.74, 6) is -0.275. The maximum absolute atomic E-state index is 12.0. The minimum atomic E-state index is -0.406. The largest absolute Gasteiger partial charge is 0.338 e. The van der Waals surface area contributed by atoms with Crippen LogP contribution in [0.2, 0.25) is 10.0 Å². The zero-order chi connectivity index (χ0) is 18.9. The summed E-state index contributed by atoms with van der Waals surface area (Å²) in [5.41, 5.74) is 2.74. The van der Waals surface area contributed by atoms with E-state index in [0.717, 1.165) is 23.2 Å². The van der Waals surface area contributed by atoms with Gasteiger partial charge in [0.25, 0.3) is 0 Å². The minimum absolute atomic E-state index is 0.104. The number of nitrogens with one attached hydrogen (secondary N) is 3. The number of rotatable bonds is 7. The highest BCUT2D eigenvalue weighted by molar-refractivity contribution is 6.34. The average molecular weight is 394 g/mol. The number of benzene rings is 2. The molecule has 0 atom stereocenters. The van der Waals surface area contributed by atoms with Crippen molar-refractivity contribution in [3.63, 3.8) is 0 Å². The Labute approximate surface area is 163 Å². The Balaban J connectivity index is 1.72. The molecule has 0 aliphatic heterocycles. The lowest BCUT2D eigenvalue weighted by Gasteiger charge is -2.11. The smallest absolute Gasteiger partial charge is 0.315 e. The van der Waals surface area contributed by atoms with E-state index in [4.69, 9.17) is 23.2 Å². The molecule has 0 bridgehead atoms. The molecule has 2 aromatic carbocycles. The maximum Gasteiger partial charge on any atom is 0.315 e. The lowest BCUT2D eigenvalue weighted by atomic mass is 10.1. The molecule has 0 unspecified atom stereocenters. The first-order chi connectivity index (χ1) is 12.5. The second-order valence-corrected chi connectivity index (χ2v) is 6.57. The molecule has 0 aromatic heterocycles. The van der Waals surface area contributed by atoms with E-state index in [1.54, 1.807) is 18.2 Å². The van der Waals surface area contributed by atoms with Crippen LogP contribution in [0.15, 0.2) is 42.5 Å². The number of carbonyl (C=O) groups is 2. The van der Waals surface area contributed by atoms with Gasteiger partial charge in [0.2, 0.25) is 5.91 Å². The van der Waals surface area contributed by atoms with Crippen molar-refractivity contribution < 1.29 is 9.59 Å². The number of hydrogen-bond acceptors (Lipinski definition) is 2. The molecule has 3 N–H and O–H groups in total. The number of carbonyl (C=O) groups excluding carboxylic acids is 2. The van der Waals surface area contributed by atoms with Crippen LogP contribution in [0.3, 0.4) is 0 Å². The number of halogens is 2. The summed E-state index contributed by atoms with van der Waals surface area (Å²) in [6.45, 7) is 2.32. The third kappa shape index (κ3) is 6.58. The molecular formula is C19H21Cl2N3O2. The molecule has 0 aliphatic carbocycles. The van der Waals surface area contributed by atoms with E-state index >= 15 is 0 Å². The van der Waals surface area contributed by atoms with E-state index in [-0.39, 0.29) is 12.5 Å². The molecule has 26 heavy (non-hydrogen) atoms. The van der Waals surface area contributed by atoms with Gasteiger partial charge in [-0.1, -0.05) is 48.3 Å². The monoisotopic (exact) mass is 393 g/mol. The molecule has 0 fully saturated rings. The van der Waals surface area contributed by atoms with Gasteiger partial charge in [-0.3, -0.25) is 4.79 Å². The Morgan fingerprint density at radius 1 is 1.00 bits per heavy atom. The van der Waals surface area contributed by atoms with Crippen LogP contribution in [0.4, 0.5) is 10.5 Å². The van der Waals surface area contributed by atoms with Crippen molar-refractivity contribution in [2.75, 3.05) is 18.4 Å². The number of aryl methyl sites for hydroxylation is 1. The SMILES string of the molecule is CCc1ccccc1NC(=O)CNC(=O)NCCc1cc(Cl)cc(Cl)c1. The zero-order valence-corrected chi connectivity index (χ0v) is 16.0. The van der Waals surface area contributed by atoms with Gasteiger partial charge in [0.1, 0.15) is 0 Å². The van der Waals surface area contributed by atoms with Gasteiger partial charge in [-0.25, -0.2) is 4.79 Å². The van der Waals surface area contributed by atoms with E-state index in [1.165, 1.54) is 0 Å². The van der Waals surface area contributed by atoms with Crippen molar-refractivity contribution in [1.29, 1.82) is 0 Å². The summed E-state index contributed by atoms with van der Waals surface area (Å²) < 4.78 is 0. The maximum atomic E-state index is 12.0. The van der Waals surface area contributed by atoms with Gasteiger partial charge in [0, 0.05) is 22.3 Å². The highest BCUT2D eigenvalue weighted by Gasteiger charge is 2.07. The molecule has 7 heteroatoms. The molecule has 0 radical (unpaired) electrons. The van der Waals surface area contributed by atoms with Crippen molar-refractivity contribution in [1.82, 2.24) is 10.6 Å². The minimum Gasteiger partial charge on any atom is -0.338 e. The van der Waals surface area contributed by atoms with Crippen LogP contribution in [0, 0.1) is 0 Å². The van der Waals surface area contributed by atoms with Crippen LogP contribution in [0.25, 0.3) is 0 Å². The third-order valence-electron chi connectivity index (χ3n) is 3.70. The van der Waals surface area contributed by atoms with Gasteiger partial charge in [-0.2, -0.15) is 0 Å². The van der Waals surface area contributed by atoms with E-state index in [0.29, 0.717) is 23.0 Å². The van der Waals surface area contributed by atoms with Gasteiger partial charge in [-0.05, 0) is 48.2 Å². The zero-order valence-electron chi connectivity index (χ0n) is 14.4. The molecule has 138 valence electrons. The van der Waals surface area contributed by atoms with Crippen molar-refractivity contribution in [3.05, 3.63) is 63.6 Å². The molecule has 0 saturated carbocycles. The number of anilines is 1. The summed E-state index contributed by atoms with van der Waals surface area (Å²) in [6.07, 6.45) is 1.40. The van der Waals surface area contributed by atoms with Crippen LogP contribution in [-0.4, -0.2) is 25.0 Å². The highest BCUT2D eigenvalue weighted by Crippen LogP contribution is 2.19. The first-order valence-corrected chi connectivity index (χ1v) is 9.08. The van der Waals surface area contributed by atoms with E-state index in [9.17, 15) is 9.59 Å². The molecule has 0 spiro atoms. The van der Waals surface area contributed by atoms with Gasteiger partial charge < -0.3 is 16.0 Å². The van der Waals surface area contributed by atoms with Crippen LogP contribution >= 0.6 is 23.2 Å². The lowest BCUT2D eigenvalue weighted by Crippen LogP contribution is -2.40. The van der Waals surface area contributed by atoms with Crippen LogP contribution in [-0.2, 0) is 17.6 Å². The van der Waals surface area contributed by atoms with Gasteiger partial charge in [0.15, 0.2) is 0 Å². The number of para-hydroxylation sites is 1. The molecule has 2 aromatic rings. The fourth-order valence-corrected chi connectivity index (χ4v) is 3.01. The van der Waals surface area contributed by atoms with Crippen LogP contribution in [0.5, 0.6) is 0 Å². The highest BCUT2D eigenvalue weighted by atomic mass is 35.5.